The van der Waals surface area contributed by atoms with Crippen molar-refractivity contribution in [3.05, 3.63) is 63.7 Å². The van der Waals surface area contributed by atoms with Crippen molar-refractivity contribution in [3.63, 3.8) is 0 Å². The average Bonchev–Trinajstić information content (AvgIpc) is 3.25. The second kappa shape index (κ2) is 6.86. The Kier molecular flexibility index (Phi) is 4.63. The van der Waals surface area contributed by atoms with E-state index in [4.69, 9.17) is 10.1 Å². The van der Waals surface area contributed by atoms with Crippen LogP contribution < -0.4 is 0 Å². The van der Waals surface area contributed by atoms with Gasteiger partial charge in [0.1, 0.15) is 0 Å². The molecule has 7 nitrogen and oxygen atoms in total. The van der Waals surface area contributed by atoms with Crippen LogP contribution in [0.4, 0.5) is 0 Å². The van der Waals surface area contributed by atoms with Crippen LogP contribution in [0.3, 0.4) is 0 Å². The fraction of sp³-hybridized carbons (Fsp3) is 0.263. The van der Waals surface area contributed by atoms with Crippen LogP contribution in [-0.4, -0.2) is 34.1 Å². The van der Waals surface area contributed by atoms with Gasteiger partial charge in [-0.2, -0.15) is 10.2 Å². The first kappa shape index (κ1) is 18.9. The number of fused-ring (bicyclic) bond motifs is 5. The average molecular weight is 461 g/mol. The normalized spacial score (nSPS) is 12.0. The third-order valence-electron chi connectivity index (χ3n) is 4.99. The van der Waals surface area contributed by atoms with Crippen LogP contribution in [-0.2, 0) is 20.0 Å². The summed E-state index contributed by atoms with van der Waals surface area (Å²) in [5, 5.41) is 9.24. The van der Waals surface area contributed by atoms with Crippen molar-refractivity contribution in [2.24, 2.45) is 7.05 Å². The predicted octanol–water partition coefficient (Wildman–Crippen LogP) is 3.62. The molecule has 0 spiro atoms. The van der Waals surface area contributed by atoms with Gasteiger partial charge < -0.3 is 4.57 Å². The molecular formula is C19H19BrClN7. The fourth-order valence-corrected chi connectivity index (χ4v) is 4.03. The highest BCUT2D eigenvalue weighted by Crippen LogP contribution is 2.33. The van der Waals surface area contributed by atoms with Gasteiger partial charge in [0.2, 0.25) is 0 Å². The Morgan fingerprint density at radius 3 is 2.71 bits per heavy atom. The van der Waals surface area contributed by atoms with Gasteiger partial charge in [0.05, 0.1) is 42.1 Å². The summed E-state index contributed by atoms with van der Waals surface area (Å²) in [6.07, 6.45) is 2.53. The van der Waals surface area contributed by atoms with E-state index in [2.05, 4.69) is 48.8 Å². The first-order valence-corrected chi connectivity index (χ1v) is 9.55. The van der Waals surface area contributed by atoms with E-state index in [-0.39, 0.29) is 12.4 Å². The molecule has 1 aliphatic rings. The SMILES string of the molecule is Cc1cc(Cc2nc3n(n2)Cc2c(C)ncn2-c2ccc(Br)cc2-3)n(C)n1.Cl. The first-order chi connectivity index (χ1) is 13.0. The largest absolute Gasteiger partial charge is 0.300 e. The Labute approximate surface area is 177 Å². The van der Waals surface area contributed by atoms with Gasteiger partial charge in [-0.05, 0) is 38.1 Å². The van der Waals surface area contributed by atoms with Crippen LogP contribution in [0, 0.1) is 13.8 Å². The highest BCUT2D eigenvalue weighted by atomic mass is 79.9. The van der Waals surface area contributed by atoms with Crippen molar-refractivity contribution in [1.29, 1.82) is 0 Å². The molecule has 0 fully saturated rings. The quantitative estimate of drug-likeness (QED) is 0.403. The zero-order valence-electron chi connectivity index (χ0n) is 15.7. The minimum Gasteiger partial charge on any atom is -0.300 e. The molecule has 9 heteroatoms. The van der Waals surface area contributed by atoms with E-state index in [0.717, 1.165) is 50.1 Å². The summed E-state index contributed by atoms with van der Waals surface area (Å²) in [4.78, 5) is 9.39. The molecule has 0 amide bonds. The molecule has 1 aromatic carbocycles. The molecule has 0 aliphatic carbocycles. The Morgan fingerprint density at radius 2 is 1.96 bits per heavy atom. The van der Waals surface area contributed by atoms with Crippen molar-refractivity contribution in [2.45, 2.75) is 26.8 Å². The second-order valence-electron chi connectivity index (χ2n) is 6.89. The smallest absolute Gasteiger partial charge is 0.160 e. The molecule has 4 aromatic rings. The molecule has 0 saturated carbocycles. The van der Waals surface area contributed by atoms with Crippen molar-refractivity contribution >= 4 is 28.3 Å². The number of nitrogens with zero attached hydrogens (tertiary/aromatic N) is 7. The highest BCUT2D eigenvalue weighted by Gasteiger charge is 2.24. The van der Waals surface area contributed by atoms with E-state index in [1.54, 1.807) is 0 Å². The molecule has 28 heavy (non-hydrogen) atoms. The van der Waals surface area contributed by atoms with Gasteiger partial charge in [-0.1, -0.05) is 15.9 Å². The Balaban J connectivity index is 0.00000192. The molecule has 0 N–H and O–H groups in total. The molecule has 0 radical (unpaired) electrons. The first-order valence-electron chi connectivity index (χ1n) is 8.76. The van der Waals surface area contributed by atoms with Crippen molar-refractivity contribution < 1.29 is 0 Å². The zero-order valence-corrected chi connectivity index (χ0v) is 18.1. The van der Waals surface area contributed by atoms with E-state index < -0.39 is 0 Å². The number of hydrogen-bond donors (Lipinski definition) is 0. The van der Waals surface area contributed by atoms with E-state index in [1.807, 2.05) is 42.7 Å². The molecule has 1 aliphatic heterocycles. The summed E-state index contributed by atoms with van der Waals surface area (Å²) in [6.45, 7) is 4.67. The van der Waals surface area contributed by atoms with Gasteiger partial charge in [0, 0.05) is 22.8 Å². The summed E-state index contributed by atoms with van der Waals surface area (Å²) < 4.78 is 7.03. The van der Waals surface area contributed by atoms with Crippen molar-refractivity contribution in [2.75, 3.05) is 0 Å². The van der Waals surface area contributed by atoms with Gasteiger partial charge in [0.15, 0.2) is 11.6 Å². The molecule has 3 aromatic heterocycles. The van der Waals surface area contributed by atoms with Gasteiger partial charge in [-0.25, -0.2) is 14.6 Å². The van der Waals surface area contributed by atoms with Crippen molar-refractivity contribution in [1.82, 2.24) is 34.1 Å². The zero-order chi connectivity index (χ0) is 18.7. The fourth-order valence-electron chi connectivity index (χ4n) is 3.67. The van der Waals surface area contributed by atoms with Gasteiger partial charge in [-0.3, -0.25) is 4.68 Å². The summed E-state index contributed by atoms with van der Waals surface area (Å²) in [6, 6.07) is 8.32. The minimum absolute atomic E-state index is 0. The van der Waals surface area contributed by atoms with Gasteiger partial charge in [0.25, 0.3) is 0 Å². The van der Waals surface area contributed by atoms with Crippen LogP contribution in [0.5, 0.6) is 0 Å². The third-order valence-corrected chi connectivity index (χ3v) is 5.48. The summed E-state index contributed by atoms with van der Waals surface area (Å²) in [5.74, 6) is 1.67. The molecule has 0 unspecified atom stereocenters. The van der Waals surface area contributed by atoms with E-state index in [0.29, 0.717) is 13.0 Å². The number of hydrogen-bond acceptors (Lipinski definition) is 4. The summed E-state index contributed by atoms with van der Waals surface area (Å²) in [7, 11) is 1.96. The Hall–Kier alpha value is -2.45. The number of rotatable bonds is 2. The lowest BCUT2D eigenvalue weighted by atomic mass is 10.1. The van der Waals surface area contributed by atoms with E-state index in [9.17, 15) is 0 Å². The molecule has 5 rings (SSSR count). The number of aryl methyl sites for hydroxylation is 3. The lowest BCUT2D eigenvalue weighted by Crippen LogP contribution is -2.07. The van der Waals surface area contributed by atoms with Crippen LogP contribution >= 0.6 is 28.3 Å². The molecule has 0 bridgehead atoms. The molecular weight excluding hydrogens is 442 g/mol. The van der Waals surface area contributed by atoms with E-state index in [1.165, 1.54) is 0 Å². The van der Waals surface area contributed by atoms with Crippen LogP contribution in [0.25, 0.3) is 17.1 Å². The standard InChI is InChI=1S/C19H18BrN7.ClH/c1-11-6-14(25(3)23-11)8-18-22-19-15-7-13(20)4-5-16(15)26-10-21-12(2)17(26)9-27(19)24-18;/h4-7,10H,8-9H2,1-3H3;1H. The lowest BCUT2D eigenvalue weighted by Gasteiger charge is -2.08. The maximum absolute atomic E-state index is 4.89. The highest BCUT2D eigenvalue weighted by molar-refractivity contribution is 9.10. The Morgan fingerprint density at radius 1 is 1.14 bits per heavy atom. The van der Waals surface area contributed by atoms with Crippen LogP contribution in [0.1, 0.15) is 28.6 Å². The summed E-state index contributed by atoms with van der Waals surface area (Å²) in [5.41, 5.74) is 6.36. The predicted molar refractivity (Wildman–Crippen MR) is 112 cm³/mol. The number of imidazole rings is 1. The van der Waals surface area contributed by atoms with E-state index >= 15 is 0 Å². The topological polar surface area (TPSA) is 66.3 Å². The summed E-state index contributed by atoms with van der Waals surface area (Å²) >= 11 is 3.59. The molecule has 4 heterocycles. The maximum atomic E-state index is 4.89. The molecule has 144 valence electrons. The number of halogens is 2. The van der Waals surface area contributed by atoms with Crippen LogP contribution in [0.2, 0.25) is 0 Å². The minimum atomic E-state index is 0. The number of benzene rings is 1. The van der Waals surface area contributed by atoms with Gasteiger partial charge >= 0.3 is 0 Å². The Bertz CT molecular complexity index is 1190. The molecule has 0 saturated heterocycles. The maximum Gasteiger partial charge on any atom is 0.160 e. The monoisotopic (exact) mass is 459 g/mol. The lowest BCUT2D eigenvalue weighted by molar-refractivity contribution is 0.657. The molecule has 0 atom stereocenters. The third kappa shape index (κ3) is 2.97. The van der Waals surface area contributed by atoms with Crippen LogP contribution in [0.15, 0.2) is 35.1 Å². The number of aromatic nitrogens is 7. The van der Waals surface area contributed by atoms with Gasteiger partial charge in [-0.15, -0.1) is 12.4 Å². The second-order valence-corrected chi connectivity index (χ2v) is 7.81. The van der Waals surface area contributed by atoms with Crippen molar-refractivity contribution in [3.8, 4) is 17.1 Å².